The summed E-state index contributed by atoms with van der Waals surface area (Å²) in [6, 6.07) is 3.92. The van der Waals surface area contributed by atoms with E-state index in [1.807, 2.05) is 0 Å². The van der Waals surface area contributed by atoms with E-state index in [0.29, 0.717) is 37.6 Å². The number of aromatic nitrogens is 1. The van der Waals surface area contributed by atoms with Gasteiger partial charge in [-0.2, -0.15) is 0 Å². The van der Waals surface area contributed by atoms with Gasteiger partial charge in [0.15, 0.2) is 0 Å². The number of ether oxygens (including phenoxy) is 2. The normalized spacial score (nSPS) is 21.7. The number of likely N-dealkylation sites (tertiary alicyclic amines) is 1. The Balaban J connectivity index is 1.55. The molecule has 8 nitrogen and oxygen atoms in total. The van der Waals surface area contributed by atoms with Gasteiger partial charge in [0.2, 0.25) is 11.8 Å². The van der Waals surface area contributed by atoms with Gasteiger partial charge in [0, 0.05) is 51.4 Å². The Morgan fingerprint density at radius 2 is 1.97 bits per heavy atom. The maximum atomic E-state index is 12.6. The average Bonchev–Trinajstić information content (AvgIpc) is 3.48. The fourth-order valence-electron chi connectivity index (χ4n) is 3.96. The standard InChI is InChI=1S/C21H32N4O4/c1-28-11-10-22-19(26)12-16-7-8-17(25(16)14-15-5-6-15)13-24-20(27)18-4-3-9-23-21(18)29-2/h3-4,9,15-17H,5-8,10-14H2,1-2H3,(H,22,26)(H,24,27)/t16-,17+/m1/s1. The maximum Gasteiger partial charge on any atom is 0.256 e. The Morgan fingerprint density at radius 1 is 1.17 bits per heavy atom. The number of rotatable bonds is 11. The third-order valence-corrected chi connectivity index (χ3v) is 5.69. The van der Waals surface area contributed by atoms with Crippen LogP contribution in [0.25, 0.3) is 0 Å². The van der Waals surface area contributed by atoms with Gasteiger partial charge in [0.25, 0.3) is 5.91 Å². The molecule has 2 atom stereocenters. The van der Waals surface area contributed by atoms with Crippen LogP contribution in [0.1, 0.15) is 42.5 Å². The Morgan fingerprint density at radius 3 is 2.69 bits per heavy atom. The summed E-state index contributed by atoms with van der Waals surface area (Å²) in [7, 11) is 3.14. The molecule has 0 unspecified atom stereocenters. The molecule has 1 saturated carbocycles. The largest absolute Gasteiger partial charge is 0.480 e. The molecule has 160 valence electrons. The summed E-state index contributed by atoms with van der Waals surface area (Å²) >= 11 is 0. The number of hydrogen-bond donors (Lipinski definition) is 2. The van der Waals surface area contributed by atoms with Gasteiger partial charge in [-0.15, -0.1) is 0 Å². The van der Waals surface area contributed by atoms with Crippen LogP contribution in [0.5, 0.6) is 5.88 Å². The zero-order chi connectivity index (χ0) is 20.6. The van der Waals surface area contributed by atoms with Crippen LogP contribution in [-0.4, -0.2) is 74.2 Å². The average molecular weight is 405 g/mol. The molecule has 2 N–H and O–H groups in total. The Kier molecular flexibility index (Phi) is 7.83. The highest BCUT2D eigenvalue weighted by Gasteiger charge is 2.38. The summed E-state index contributed by atoms with van der Waals surface area (Å²) in [5, 5.41) is 5.96. The van der Waals surface area contributed by atoms with Crippen LogP contribution in [0.2, 0.25) is 0 Å². The molecular formula is C21H32N4O4. The molecule has 8 heteroatoms. The number of amides is 2. The molecule has 2 heterocycles. The molecule has 1 aliphatic heterocycles. The van der Waals surface area contributed by atoms with Gasteiger partial charge >= 0.3 is 0 Å². The van der Waals surface area contributed by atoms with Gasteiger partial charge in [-0.3, -0.25) is 14.5 Å². The molecule has 29 heavy (non-hydrogen) atoms. The fourth-order valence-corrected chi connectivity index (χ4v) is 3.96. The van der Waals surface area contributed by atoms with Gasteiger partial charge in [0.05, 0.1) is 13.7 Å². The number of hydrogen-bond acceptors (Lipinski definition) is 6. The van der Waals surface area contributed by atoms with Crippen molar-refractivity contribution in [2.45, 2.75) is 44.2 Å². The molecule has 2 aliphatic rings. The number of pyridine rings is 1. The molecular weight excluding hydrogens is 372 g/mol. The predicted octanol–water partition coefficient (Wildman–Crippen LogP) is 1.22. The number of nitrogens with zero attached hydrogens (tertiary/aromatic N) is 2. The van der Waals surface area contributed by atoms with E-state index in [9.17, 15) is 9.59 Å². The van der Waals surface area contributed by atoms with Crippen molar-refractivity contribution >= 4 is 11.8 Å². The van der Waals surface area contributed by atoms with Crippen molar-refractivity contribution < 1.29 is 19.1 Å². The molecule has 1 saturated heterocycles. The van der Waals surface area contributed by atoms with Gasteiger partial charge in [-0.25, -0.2) is 4.98 Å². The van der Waals surface area contributed by atoms with E-state index in [0.717, 1.165) is 25.3 Å². The molecule has 1 aliphatic carbocycles. The lowest BCUT2D eigenvalue weighted by Gasteiger charge is -2.30. The minimum absolute atomic E-state index is 0.0672. The molecule has 3 rings (SSSR count). The van der Waals surface area contributed by atoms with E-state index in [2.05, 4.69) is 20.5 Å². The first-order chi connectivity index (χ1) is 14.1. The molecule has 0 bridgehead atoms. The highest BCUT2D eigenvalue weighted by atomic mass is 16.5. The number of nitrogens with one attached hydrogen (secondary N) is 2. The van der Waals surface area contributed by atoms with Crippen molar-refractivity contribution in [3.05, 3.63) is 23.9 Å². The third-order valence-electron chi connectivity index (χ3n) is 5.69. The lowest BCUT2D eigenvalue weighted by atomic mass is 10.1. The van der Waals surface area contributed by atoms with E-state index in [1.54, 1.807) is 25.4 Å². The zero-order valence-electron chi connectivity index (χ0n) is 17.4. The van der Waals surface area contributed by atoms with Crippen molar-refractivity contribution in [1.29, 1.82) is 0 Å². The molecule has 1 aromatic rings. The van der Waals surface area contributed by atoms with Crippen molar-refractivity contribution in [2.24, 2.45) is 5.92 Å². The van der Waals surface area contributed by atoms with Crippen molar-refractivity contribution in [3.63, 3.8) is 0 Å². The smallest absolute Gasteiger partial charge is 0.256 e. The van der Waals surface area contributed by atoms with Crippen molar-refractivity contribution in [2.75, 3.05) is 40.5 Å². The topological polar surface area (TPSA) is 92.8 Å². The van der Waals surface area contributed by atoms with Gasteiger partial charge in [-0.1, -0.05) is 0 Å². The van der Waals surface area contributed by atoms with Crippen LogP contribution in [0.3, 0.4) is 0 Å². The summed E-state index contributed by atoms with van der Waals surface area (Å²) < 4.78 is 10.2. The summed E-state index contributed by atoms with van der Waals surface area (Å²) in [5.74, 6) is 0.945. The number of methoxy groups -OCH3 is 2. The van der Waals surface area contributed by atoms with E-state index < -0.39 is 0 Å². The van der Waals surface area contributed by atoms with Crippen LogP contribution in [0.15, 0.2) is 18.3 Å². The summed E-state index contributed by atoms with van der Waals surface area (Å²) in [4.78, 5) is 31.4. The number of carbonyl (C=O) groups excluding carboxylic acids is 2. The first kappa shape index (κ1) is 21.5. The van der Waals surface area contributed by atoms with Crippen molar-refractivity contribution in [3.8, 4) is 5.88 Å². The first-order valence-electron chi connectivity index (χ1n) is 10.4. The number of carbonyl (C=O) groups is 2. The Bertz CT molecular complexity index is 695. The Hall–Kier alpha value is -2.19. The highest BCUT2D eigenvalue weighted by molar-refractivity contribution is 5.96. The molecule has 0 radical (unpaired) electrons. The minimum Gasteiger partial charge on any atom is -0.480 e. The van der Waals surface area contributed by atoms with Crippen molar-refractivity contribution in [1.82, 2.24) is 20.5 Å². The van der Waals surface area contributed by atoms with Gasteiger partial charge in [-0.05, 0) is 43.7 Å². The second-order valence-electron chi connectivity index (χ2n) is 7.84. The van der Waals surface area contributed by atoms with Gasteiger partial charge in [0.1, 0.15) is 5.56 Å². The fraction of sp³-hybridized carbons (Fsp3) is 0.667. The van der Waals surface area contributed by atoms with E-state index in [-0.39, 0.29) is 23.9 Å². The monoisotopic (exact) mass is 404 g/mol. The summed E-state index contributed by atoms with van der Waals surface area (Å²) in [6.45, 7) is 2.63. The van der Waals surface area contributed by atoms with Crippen LogP contribution in [0.4, 0.5) is 0 Å². The lowest BCUT2D eigenvalue weighted by Crippen LogP contribution is -2.45. The zero-order valence-corrected chi connectivity index (χ0v) is 17.4. The lowest BCUT2D eigenvalue weighted by molar-refractivity contribution is -0.122. The third kappa shape index (κ3) is 6.14. The molecule has 1 aromatic heterocycles. The quantitative estimate of drug-likeness (QED) is 0.539. The van der Waals surface area contributed by atoms with Crippen LogP contribution in [0, 0.1) is 5.92 Å². The Labute approximate surface area is 172 Å². The van der Waals surface area contributed by atoms with E-state index in [1.165, 1.54) is 20.0 Å². The van der Waals surface area contributed by atoms with Crippen LogP contribution in [-0.2, 0) is 9.53 Å². The second kappa shape index (κ2) is 10.5. The minimum atomic E-state index is -0.179. The predicted molar refractivity (Wildman–Crippen MR) is 109 cm³/mol. The van der Waals surface area contributed by atoms with E-state index in [4.69, 9.17) is 9.47 Å². The molecule has 2 amide bonds. The van der Waals surface area contributed by atoms with Crippen LogP contribution < -0.4 is 15.4 Å². The van der Waals surface area contributed by atoms with E-state index >= 15 is 0 Å². The first-order valence-corrected chi connectivity index (χ1v) is 10.4. The molecule has 2 fully saturated rings. The SMILES string of the molecule is COCCNC(=O)C[C@H]1CC[C@@H](CNC(=O)c2cccnc2OC)N1CC1CC1. The van der Waals surface area contributed by atoms with Crippen LogP contribution >= 0.6 is 0 Å². The summed E-state index contributed by atoms with van der Waals surface area (Å²) in [5.41, 5.74) is 0.441. The highest BCUT2D eigenvalue weighted by Crippen LogP contribution is 2.35. The molecule has 0 aromatic carbocycles. The van der Waals surface area contributed by atoms with Gasteiger partial charge < -0.3 is 20.1 Å². The second-order valence-corrected chi connectivity index (χ2v) is 7.84. The molecule has 0 spiro atoms. The summed E-state index contributed by atoms with van der Waals surface area (Å²) in [6.07, 6.45) is 6.57. The maximum absolute atomic E-state index is 12.6.